The molecule has 0 radical (unpaired) electrons. The standard InChI is InChI=1S/C20H31ClN2O3/c1-17(2)16-26-20(24)23-13-11-22(12-14-23)10-8-18-4-6-19(7-5-18)25-15-3-9-21/h4-7,17H,3,8-16H2,1-2H3. The summed E-state index contributed by atoms with van der Waals surface area (Å²) in [6.07, 6.45) is 1.68. The van der Waals surface area contributed by atoms with Crippen LogP contribution in [0.1, 0.15) is 25.8 Å². The highest BCUT2D eigenvalue weighted by Gasteiger charge is 2.22. The van der Waals surface area contributed by atoms with Crippen LogP contribution in [0.2, 0.25) is 0 Å². The number of carbonyl (C=O) groups is 1. The van der Waals surface area contributed by atoms with Crippen LogP contribution < -0.4 is 4.74 Å². The van der Waals surface area contributed by atoms with Crippen LogP contribution in [0.4, 0.5) is 4.79 Å². The van der Waals surface area contributed by atoms with Gasteiger partial charge in [-0.25, -0.2) is 4.79 Å². The van der Waals surface area contributed by atoms with Crippen LogP contribution in [0.3, 0.4) is 0 Å². The fraction of sp³-hybridized carbons (Fsp3) is 0.650. The molecule has 26 heavy (non-hydrogen) atoms. The van der Waals surface area contributed by atoms with Gasteiger partial charge in [-0.15, -0.1) is 11.6 Å². The number of hydrogen-bond acceptors (Lipinski definition) is 4. The van der Waals surface area contributed by atoms with E-state index in [9.17, 15) is 4.79 Å². The minimum Gasteiger partial charge on any atom is -0.494 e. The maximum Gasteiger partial charge on any atom is 0.409 e. The molecule has 2 rings (SSSR count). The molecule has 1 aromatic rings. The van der Waals surface area contributed by atoms with Crippen LogP contribution in [0.15, 0.2) is 24.3 Å². The van der Waals surface area contributed by atoms with E-state index in [0.717, 1.165) is 51.3 Å². The summed E-state index contributed by atoms with van der Waals surface area (Å²) < 4.78 is 10.9. The number of ether oxygens (including phenoxy) is 2. The lowest BCUT2D eigenvalue weighted by Gasteiger charge is -2.34. The lowest BCUT2D eigenvalue weighted by atomic mass is 10.1. The smallest absolute Gasteiger partial charge is 0.409 e. The molecule has 0 spiro atoms. The number of amides is 1. The second-order valence-corrected chi connectivity index (χ2v) is 7.46. The molecule has 1 aromatic carbocycles. The second kappa shape index (κ2) is 11.3. The Bertz CT molecular complexity index is 528. The SMILES string of the molecule is CC(C)COC(=O)N1CCN(CCc2ccc(OCCCCl)cc2)CC1. The molecule has 0 aliphatic carbocycles. The van der Waals surface area contributed by atoms with Gasteiger partial charge in [-0.05, 0) is 36.5 Å². The van der Waals surface area contributed by atoms with Crippen LogP contribution in [-0.2, 0) is 11.2 Å². The highest BCUT2D eigenvalue weighted by Crippen LogP contribution is 2.14. The van der Waals surface area contributed by atoms with Crippen molar-refractivity contribution in [3.8, 4) is 5.75 Å². The van der Waals surface area contributed by atoms with Gasteiger partial charge in [0.05, 0.1) is 13.2 Å². The average Bonchev–Trinajstić information content (AvgIpc) is 2.66. The second-order valence-electron chi connectivity index (χ2n) is 7.08. The monoisotopic (exact) mass is 382 g/mol. The first-order valence-corrected chi connectivity index (χ1v) is 10.0. The molecular weight excluding hydrogens is 352 g/mol. The molecule has 1 amide bonds. The minimum atomic E-state index is -0.178. The van der Waals surface area contributed by atoms with Gasteiger partial charge in [-0.2, -0.15) is 0 Å². The van der Waals surface area contributed by atoms with Gasteiger partial charge < -0.3 is 14.4 Å². The molecule has 1 aliphatic rings. The van der Waals surface area contributed by atoms with E-state index >= 15 is 0 Å². The zero-order valence-electron chi connectivity index (χ0n) is 16.0. The maximum absolute atomic E-state index is 12.0. The van der Waals surface area contributed by atoms with Crippen LogP contribution in [0.25, 0.3) is 0 Å². The number of hydrogen-bond donors (Lipinski definition) is 0. The van der Waals surface area contributed by atoms with Crippen LogP contribution in [0.5, 0.6) is 5.75 Å². The minimum absolute atomic E-state index is 0.178. The number of nitrogens with zero attached hydrogens (tertiary/aromatic N) is 2. The van der Waals surface area contributed by atoms with Gasteiger partial charge in [0.2, 0.25) is 0 Å². The van der Waals surface area contributed by atoms with E-state index in [0.29, 0.717) is 25.0 Å². The molecule has 0 bridgehead atoms. The van der Waals surface area contributed by atoms with Crippen LogP contribution >= 0.6 is 11.6 Å². The fourth-order valence-corrected chi connectivity index (χ4v) is 2.88. The van der Waals surface area contributed by atoms with Crippen LogP contribution in [-0.4, -0.2) is 67.7 Å². The summed E-state index contributed by atoms with van der Waals surface area (Å²) in [7, 11) is 0. The Balaban J connectivity index is 1.66. The van der Waals surface area contributed by atoms with Crippen molar-refractivity contribution in [2.75, 3.05) is 51.8 Å². The van der Waals surface area contributed by atoms with E-state index in [-0.39, 0.29) is 6.09 Å². The van der Waals surface area contributed by atoms with Crippen molar-refractivity contribution >= 4 is 17.7 Å². The number of piperazine rings is 1. The third kappa shape index (κ3) is 7.42. The first kappa shape index (κ1) is 20.8. The van der Waals surface area contributed by atoms with Gasteiger partial charge in [0.15, 0.2) is 0 Å². The third-order valence-electron chi connectivity index (χ3n) is 4.36. The molecule has 0 saturated carbocycles. The lowest BCUT2D eigenvalue weighted by molar-refractivity contribution is 0.0693. The summed E-state index contributed by atoms with van der Waals surface area (Å²) in [5, 5.41) is 0. The number of rotatable bonds is 9. The van der Waals surface area contributed by atoms with Gasteiger partial charge in [0, 0.05) is 38.6 Å². The number of alkyl halides is 1. The Morgan fingerprint density at radius 3 is 2.46 bits per heavy atom. The van der Waals surface area contributed by atoms with Crippen molar-refractivity contribution < 1.29 is 14.3 Å². The molecule has 6 heteroatoms. The van der Waals surface area contributed by atoms with Crippen molar-refractivity contribution in [3.05, 3.63) is 29.8 Å². The topological polar surface area (TPSA) is 42.0 Å². The molecule has 1 saturated heterocycles. The first-order chi connectivity index (χ1) is 12.6. The summed E-state index contributed by atoms with van der Waals surface area (Å²) in [5.41, 5.74) is 1.30. The van der Waals surface area contributed by atoms with E-state index in [1.165, 1.54) is 5.56 Å². The van der Waals surface area contributed by atoms with E-state index in [1.807, 2.05) is 30.9 Å². The van der Waals surface area contributed by atoms with E-state index in [2.05, 4.69) is 17.0 Å². The first-order valence-electron chi connectivity index (χ1n) is 9.50. The maximum atomic E-state index is 12.0. The molecular formula is C20H31ClN2O3. The van der Waals surface area contributed by atoms with Crippen LogP contribution in [0, 0.1) is 5.92 Å². The zero-order chi connectivity index (χ0) is 18.8. The summed E-state index contributed by atoms with van der Waals surface area (Å²) in [5.74, 6) is 1.89. The molecule has 1 heterocycles. The molecule has 0 aromatic heterocycles. The van der Waals surface area contributed by atoms with E-state index in [1.54, 1.807) is 0 Å². The van der Waals surface area contributed by atoms with Gasteiger partial charge in [0.25, 0.3) is 0 Å². The number of halogens is 1. The molecule has 0 atom stereocenters. The molecule has 146 valence electrons. The van der Waals surface area contributed by atoms with Gasteiger partial charge in [-0.1, -0.05) is 26.0 Å². The fourth-order valence-electron chi connectivity index (χ4n) is 2.77. The predicted molar refractivity (Wildman–Crippen MR) is 105 cm³/mol. The Morgan fingerprint density at radius 1 is 1.15 bits per heavy atom. The molecule has 1 fully saturated rings. The van der Waals surface area contributed by atoms with Gasteiger partial charge in [-0.3, -0.25) is 4.90 Å². The lowest BCUT2D eigenvalue weighted by Crippen LogP contribution is -2.49. The normalized spacial score (nSPS) is 15.3. The van der Waals surface area contributed by atoms with E-state index < -0.39 is 0 Å². The Labute approximate surface area is 162 Å². The van der Waals surface area contributed by atoms with Gasteiger partial charge in [0.1, 0.15) is 5.75 Å². The highest BCUT2D eigenvalue weighted by molar-refractivity contribution is 6.17. The predicted octanol–water partition coefficient (Wildman–Crippen LogP) is 3.65. The Hall–Kier alpha value is -1.46. The quantitative estimate of drug-likeness (QED) is 0.483. The number of carbonyl (C=O) groups excluding carboxylic acids is 1. The van der Waals surface area contributed by atoms with Crippen molar-refractivity contribution in [2.24, 2.45) is 5.92 Å². The largest absolute Gasteiger partial charge is 0.494 e. The molecule has 5 nitrogen and oxygen atoms in total. The van der Waals surface area contributed by atoms with Gasteiger partial charge >= 0.3 is 6.09 Å². The summed E-state index contributed by atoms with van der Waals surface area (Å²) in [4.78, 5) is 16.2. The molecule has 1 aliphatic heterocycles. The van der Waals surface area contributed by atoms with Crippen molar-refractivity contribution in [3.63, 3.8) is 0 Å². The Kier molecular flexibility index (Phi) is 9.06. The van der Waals surface area contributed by atoms with Crippen molar-refractivity contribution in [1.29, 1.82) is 0 Å². The summed E-state index contributed by atoms with van der Waals surface area (Å²) >= 11 is 5.65. The average molecular weight is 383 g/mol. The zero-order valence-corrected chi connectivity index (χ0v) is 16.7. The number of benzene rings is 1. The molecule has 0 N–H and O–H groups in total. The van der Waals surface area contributed by atoms with Crippen molar-refractivity contribution in [2.45, 2.75) is 26.7 Å². The third-order valence-corrected chi connectivity index (χ3v) is 4.62. The Morgan fingerprint density at radius 2 is 1.85 bits per heavy atom. The van der Waals surface area contributed by atoms with Crippen molar-refractivity contribution in [1.82, 2.24) is 9.80 Å². The van der Waals surface area contributed by atoms with E-state index in [4.69, 9.17) is 21.1 Å². The highest BCUT2D eigenvalue weighted by atomic mass is 35.5. The summed E-state index contributed by atoms with van der Waals surface area (Å²) in [6, 6.07) is 8.28. The molecule has 0 unspecified atom stereocenters. The summed E-state index contributed by atoms with van der Waals surface area (Å²) in [6.45, 7) is 9.52.